The molecule has 0 aliphatic heterocycles. The summed E-state index contributed by atoms with van der Waals surface area (Å²) in [5.74, 6) is 0.0309. The fraction of sp³-hybridized carbons (Fsp3) is 0.231. The Morgan fingerprint density at radius 3 is 2.94 bits per heavy atom. The Labute approximate surface area is 114 Å². The zero-order valence-electron chi connectivity index (χ0n) is 9.95. The molecule has 1 N–H and O–H groups in total. The quantitative estimate of drug-likeness (QED) is 0.931. The van der Waals surface area contributed by atoms with Crippen molar-refractivity contribution in [2.75, 3.05) is 11.9 Å². The molecule has 0 atom stereocenters. The Hall–Kier alpha value is -1.49. The number of aromatic nitrogens is 2. The largest absolute Gasteiger partial charge is 0.354 e. The Kier molecular flexibility index (Phi) is 4.25. The van der Waals surface area contributed by atoms with Crippen molar-refractivity contribution in [2.45, 2.75) is 13.3 Å². The van der Waals surface area contributed by atoms with Crippen molar-refractivity contribution in [2.24, 2.45) is 0 Å². The molecule has 0 spiro atoms. The van der Waals surface area contributed by atoms with Crippen molar-refractivity contribution < 1.29 is 4.39 Å². The third-order valence-corrected chi connectivity index (χ3v) is 2.87. The number of rotatable bonds is 4. The topological polar surface area (TPSA) is 37.8 Å². The third-order valence-electron chi connectivity index (χ3n) is 2.38. The molecule has 3 nitrogen and oxygen atoms in total. The number of benzene rings is 1. The zero-order chi connectivity index (χ0) is 13.0. The van der Waals surface area contributed by atoms with E-state index in [0.717, 1.165) is 23.0 Å². The summed E-state index contributed by atoms with van der Waals surface area (Å²) in [6.07, 6.45) is 2.16. The molecule has 0 amide bonds. The number of hydrogen-bond acceptors (Lipinski definition) is 3. The van der Waals surface area contributed by atoms with Gasteiger partial charge in [0.25, 0.3) is 0 Å². The Balaban J connectivity index is 2.37. The SMILES string of the molecule is CCCNc1ncc(F)c(-c2cccc(Br)c2)n1. The molecule has 0 fully saturated rings. The molecule has 0 aliphatic rings. The van der Waals surface area contributed by atoms with Crippen LogP contribution in [0.2, 0.25) is 0 Å². The molecule has 0 unspecified atom stereocenters. The Morgan fingerprint density at radius 1 is 1.39 bits per heavy atom. The minimum Gasteiger partial charge on any atom is -0.354 e. The maximum atomic E-state index is 13.7. The van der Waals surface area contributed by atoms with Gasteiger partial charge in [0.05, 0.1) is 6.20 Å². The highest BCUT2D eigenvalue weighted by atomic mass is 79.9. The first-order chi connectivity index (χ1) is 8.70. The van der Waals surface area contributed by atoms with E-state index in [1.54, 1.807) is 0 Å². The van der Waals surface area contributed by atoms with E-state index in [1.165, 1.54) is 6.20 Å². The van der Waals surface area contributed by atoms with Crippen molar-refractivity contribution in [1.82, 2.24) is 9.97 Å². The van der Waals surface area contributed by atoms with Crippen molar-refractivity contribution in [3.63, 3.8) is 0 Å². The molecule has 1 aromatic heterocycles. The van der Waals surface area contributed by atoms with Crippen LogP contribution in [-0.2, 0) is 0 Å². The number of anilines is 1. The fourth-order valence-electron chi connectivity index (χ4n) is 1.53. The minimum atomic E-state index is -0.421. The summed E-state index contributed by atoms with van der Waals surface area (Å²) in [6.45, 7) is 2.81. The Morgan fingerprint density at radius 2 is 2.22 bits per heavy atom. The van der Waals surface area contributed by atoms with Crippen LogP contribution in [0.5, 0.6) is 0 Å². The highest BCUT2D eigenvalue weighted by Crippen LogP contribution is 2.24. The molecule has 0 saturated heterocycles. The summed E-state index contributed by atoms with van der Waals surface area (Å²) in [4.78, 5) is 8.12. The molecule has 0 aliphatic carbocycles. The smallest absolute Gasteiger partial charge is 0.223 e. The van der Waals surface area contributed by atoms with Gasteiger partial charge in [-0.2, -0.15) is 0 Å². The van der Waals surface area contributed by atoms with E-state index in [0.29, 0.717) is 11.6 Å². The molecule has 0 bridgehead atoms. The van der Waals surface area contributed by atoms with E-state index < -0.39 is 5.82 Å². The lowest BCUT2D eigenvalue weighted by molar-refractivity contribution is 0.618. The molecule has 1 aromatic carbocycles. The van der Waals surface area contributed by atoms with Crippen LogP contribution in [-0.4, -0.2) is 16.5 Å². The fourth-order valence-corrected chi connectivity index (χ4v) is 1.93. The van der Waals surface area contributed by atoms with Crippen molar-refractivity contribution in [3.8, 4) is 11.3 Å². The van der Waals surface area contributed by atoms with Gasteiger partial charge in [0.1, 0.15) is 5.69 Å². The van der Waals surface area contributed by atoms with Crippen molar-refractivity contribution in [3.05, 3.63) is 40.8 Å². The number of nitrogens with one attached hydrogen (secondary N) is 1. The molecule has 94 valence electrons. The van der Waals surface area contributed by atoms with Gasteiger partial charge < -0.3 is 5.32 Å². The van der Waals surface area contributed by atoms with Crippen LogP contribution in [0.1, 0.15) is 13.3 Å². The van der Waals surface area contributed by atoms with E-state index in [2.05, 4.69) is 31.2 Å². The highest BCUT2D eigenvalue weighted by molar-refractivity contribution is 9.10. The van der Waals surface area contributed by atoms with Gasteiger partial charge in [0.2, 0.25) is 5.95 Å². The van der Waals surface area contributed by atoms with Crippen LogP contribution in [0.25, 0.3) is 11.3 Å². The number of halogens is 2. The van der Waals surface area contributed by atoms with Gasteiger partial charge in [-0.3, -0.25) is 0 Å². The normalized spacial score (nSPS) is 10.4. The van der Waals surface area contributed by atoms with Crippen molar-refractivity contribution in [1.29, 1.82) is 0 Å². The van der Waals surface area contributed by atoms with E-state index in [4.69, 9.17) is 0 Å². The predicted octanol–water partition coefficient (Wildman–Crippen LogP) is 3.87. The summed E-state index contributed by atoms with van der Waals surface area (Å²) in [6, 6.07) is 7.38. The molecule has 2 rings (SSSR count). The van der Waals surface area contributed by atoms with Gasteiger partial charge in [-0.25, -0.2) is 14.4 Å². The van der Waals surface area contributed by atoms with Gasteiger partial charge in [-0.1, -0.05) is 35.0 Å². The van der Waals surface area contributed by atoms with Gasteiger partial charge in [-0.15, -0.1) is 0 Å². The lowest BCUT2D eigenvalue weighted by Gasteiger charge is -2.07. The van der Waals surface area contributed by atoms with Gasteiger partial charge in [0, 0.05) is 16.6 Å². The van der Waals surface area contributed by atoms with Gasteiger partial charge in [-0.05, 0) is 18.6 Å². The minimum absolute atomic E-state index is 0.310. The molecule has 2 aromatic rings. The number of nitrogens with zero attached hydrogens (tertiary/aromatic N) is 2. The molecule has 1 heterocycles. The second-order valence-corrected chi connectivity index (χ2v) is 4.74. The Bertz CT molecular complexity index is 546. The third kappa shape index (κ3) is 3.04. The van der Waals surface area contributed by atoms with Gasteiger partial charge in [0.15, 0.2) is 5.82 Å². The maximum absolute atomic E-state index is 13.7. The predicted molar refractivity (Wildman–Crippen MR) is 73.9 cm³/mol. The molecular formula is C13H13BrFN3. The summed E-state index contributed by atoms with van der Waals surface area (Å²) >= 11 is 3.36. The van der Waals surface area contributed by atoms with E-state index in [1.807, 2.05) is 31.2 Å². The zero-order valence-corrected chi connectivity index (χ0v) is 11.5. The average molecular weight is 310 g/mol. The van der Waals surface area contributed by atoms with E-state index >= 15 is 0 Å². The van der Waals surface area contributed by atoms with Gasteiger partial charge >= 0.3 is 0 Å². The summed E-state index contributed by atoms with van der Waals surface area (Å²) in [5, 5.41) is 3.05. The molecular weight excluding hydrogens is 297 g/mol. The summed E-state index contributed by atoms with van der Waals surface area (Å²) in [7, 11) is 0. The van der Waals surface area contributed by atoms with Crippen LogP contribution in [0, 0.1) is 5.82 Å². The second kappa shape index (κ2) is 5.91. The molecule has 18 heavy (non-hydrogen) atoms. The number of hydrogen-bond donors (Lipinski definition) is 1. The summed E-state index contributed by atoms with van der Waals surface area (Å²) in [5.41, 5.74) is 1.04. The molecule has 5 heteroatoms. The van der Waals surface area contributed by atoms with E-state index in [-0.39, 0.29) is 0 Å². The maximum Gasteiger partial charge on any atom is 0.223 e. The first-order valence-corrected chi connectivity index (χ1v) is 6.52. The lowest BCUT2D eigenvalue weighted by Crippen LogP contribution is -2.05. The first kappa shape index (κ1) is 13.0. The van der Waals surface area contributed by atoms with E-state index in [9.17, 15) is 4.39 Å². The summed E-state index contributed by atoms with van der Waals surface area (Å²) < 4.78 is 14.6. The van der Waals surface area contributed by atoms with Crippen molar-refractivity contribution >= 4 is 21.9 Å². The van der Waals surface area contributed by atoms with Crippen LogP contribution in [0.15, 0.2) is 34.9 Å². The highest BCUT2D eigenvalue weighted by Gasteiger charge is 2.09. The van der Waals surface area contributed by atoms with Crippen LogP contribution in [0.4, 0.5) is 10.3 Å². The first-order valence-electron chi connectivity index (χ1n) is 5.73. The standard InChI is InChI=1S/C13H13BrFN3/c1-2-6-16-13-17-8-11(15)12(18-13)9-4-3-5-10(14)7-9/h3-5,7-8H,2,6H2,1H3,(H,16,17,18). The second-order valence-electron chi connectivity index (χ2n) is 3.83. The molecule has 0 radical (unpaired) electrons. The molecule has 0 saturated carbocycles. The van der Waals surface area contributed by atoms with Crippen LogP contribution in [0.3, 0.4) is 0 Å². The average Bonchev–Trinajstić information content (AvgIpc) is 2.38. The monoisotopic (exact) mass is 309 g/mol. The lowest BCUT2D eigenvalue weighted by atomic mass is 10.1. The van der Waals surface area contributed by atoms with Crippen LogP contribution >= 0.6 is 15.9 Å². The van der Waals surface area contributed by atoms with Crippen LogP contribution < -0.4 is 5.32 Å².